The number of rotatable bonds is 29. The van der Waals surface area contributed by atoms with E-state index in [1.54, 1.807) is 0 Å². The highest BCUT2D eigenvalue weighted by molar-refractivity contribution is 5.78. The summed E-state index contributed by atoms with van der Waals surface area (Å²) < 4.78 is 4.90. The number of ether oxygens (including phenoxy) is 1. The molecule has 0 aliphatic heterocycles. The molecule has 0 aromatic rings. The smallest absolute Gasteiger partial charge is 0.307 e. The number of hydrogen-bond acceptors (Lipinski definition) is 3. The number of carboxylic acid groups (broad SMARTS) is 1. The molecule has 0 heterocycles. The van der Waals surface area contributed by atoms with Crippen LogP contribution in [0.25, 0.3) is 0 Å². The Kier molecular flexibility index (Phi) is 27.7. The Bertz CT molecular complexity index is 555. The van der Waals surface area contributed by atoms with Crippen LogP contribution < -0.4 is 0 Å². The molecule has 0 aliphatic carbocycles. The summed E-state index contributed by atoms with van der Waals surface area (Å²) in [4.78, 5) is 23.0. The first-order valence-corrected chi connectivity index (χ1v) is 15.8. The molecular formula is C33H60O4. The first-order chi connectivity index (χ1) is 18.1. The Morgan fingerprint density at radius 2 is 1.08 bits per heavy atom. The van der Waals surface area contributed by atoms with Crippen molar-refractivity contribution >= 4 is 11.9 Å². The van der Waals surface area contributed by atoms with E-state index in [1.165, 1.54) is 128 Å². The Morgan fingerprint density at radius 3 is 1.49 bits per heavy atom. The van der Waals surface area contributed by atoms with Gasteiger partial charge in [0.2, 0.25) is 0 Å². The fraction of sp³-hybridized carbons (Fsp3) is 0.818. The lowest BCUT2D eigenvalue weighted by molar-refractivity contribution is -0.151. The van der Waals surface area contributed by atoms with Gasteiger partial charge in [-0.3, -0.25) is 9.59 Å². The molecule has 0 radical (unpaired) electrons. The Morgan fingerprint density at radius 1 is 0.676 bits per heavy atom. The zero-order valence-corrected chi connectivity index (χ0v) is 24.4. The van der Waals surface area contributed by atoms with E-state index < -0.39 is 17.9 Å². The number of carbonyl (C=O) groups excluding carboxylic acids is 1. The third-order valence-corrected chi connectivity index (χ3v) is 7.19. The minimum absolute atomic E-state index is 0.0447. The van der Waals surface area contributed by atoms with Gasteiger partial charge in [0.25, 0.3) is 0 Å². The summed E-state index contributed by atoms with van der Waals surface area (Å²) in [6.45, 7) is 5.91. The maximum absolute atomic E-state index is 11.6. The summed E-state index contributed by atoms with van der Waals surface area (Å²) in [7, 11) is 0. The Labute approximate surface area is 229 Å². The van der Waals surface area contributed by atoms with Crippen molar-refractivity contribution in [2.24, 2.45) is 5.92 Å². The van der Waals surface area contributed by atoms with Crippen LogP contribution in [0.2, 0.25) is 0 Å². The predicted molar refractivity (Wildman–Crippen MR) is 158 cm³/mol. The lowest BCUT2D eigenvalue weighted by Gasteiger charge is -2.11. The van der Waals surface area contributed by atoms with E-state index in [2.05, 4.69) is 25.7 Å². The largest absolute Gasteiger partial charge is 0.481 e. The van der Waals surface area contributed by atoms with E-state index in [4.69, 9.17) is 4.74 Å². The van der Waals surface area contributed by atoms with E-state index in [9.17, 15) is 14.7 Å². The third kappa shape index (κ3) is 27.3. The van der Waals surface area contributed by atoms with Crippen molar-refractivity contribution in [3.8, 4) is 0 Å². The number of allylic oxidation sites excluding steroid dienone is 2. The molecule has 0 fully saturated rings. The Hall–Kier alpha value is -1.58. The van der Waals surface area contributed by atoms with Crippen molar-refractivity contribution in [1.29, 1.82) is 0 Å². The Balaban J connectivity index is 3.37. The fourth-order valence-electron chi connectivity index (χ4n) is 4.78. The molecule has 0 aromatic heterocycles. The van der Waals surface area contributed by atoms with Gasteiger partial charge in [-0.25, -0.2) is 0 Å². The highest BCUT2D eigenvalue weighted by Gasteiger charge is 2.21. The maximum atomic E-state index is 11.6. The van der Waals surface area contributed by atoms with E-state index >= 15 is 0 Å². The number of unbranched alkanes of at least 4 members (excludes halogenated alkanes) is 20. The summed E-state index contributed by atoms with van der Waals surface area (Å²) in [5.41, 5.74) is 0. The lowest BCUT2D eigenvalue weighted by Crippen LogP contribution is -2.19. The van der Waals surface area contributed by atoms with Gasteiger partial charge in [0, 0.05) is 0 Å². The summed E-state index contributed by atoms with van der Waals surface area (Å²) in [6, 6.07) is 0. The molecule has 1 unspecified atom stereocenters. The van der Waals surface area contributed by atoms with Crippen LogP contribution in [0.1, 0.15) is 161 Å². The van der Waals surface area contributed by atoms with Gasteiger partial charge in [0.15, 0.2) is 0 Å². The van der Waals surface area contributed by atoms with Crippen LogP contribution in [0.5, 0.6) is 0 Å². The zero-order valence-electron chi connectivity index (χ0n) is 24.4. The van der Waals surface area contributed by atoms with Gasteiger partial charge in [-0.15, -0.1) is 0 Å². The van der Waals surface area contributed by atoms with Crippen LogP contribution in [0.3, 0.4) is 0 Å². The van der Waals surface area contributed by atoms with Crippen molar-refractivity contribution in [3.05, 3.63) is 24.8 Å². The van der Waals surface area contributed by atoms with Crippen LogP contribution in [0.15, 0.2) is 24.8 Å². The van der Waals surface area contributed by atoms with Gasteiger partial charge in [-0.1, -0.05) is 147 Å². The SMILES string of the molecule is C=CCOC(=O)CC(CCCCCCCCCC/C=C/CCCCCCCCCCCCCC)C(=O)O. The van der Waals surface area contributed by atoms with Crippen molar-refractivity contribution in [3.63, 3.8) is 0 Å². The average molecular weight is 521 g/mol. The number of hydrogen-bond donors (Lipinski definition) is 1. The van der Waals surface area contributed by atoms with Crippen molar-refractivity contribution < 1.29 is 19.4 Å². The maximum Gasteiger partial charge on any atom is 0.307 e. The third-order valence-electron chi connectivity index (χ3n) is 7.19. The van der Waals surface area contributed by atoms with Gasteiger partial charge < -0.3 is 9.84 Å². The van der Waals surface area contributed by atoms with Crippen molar-refractivity contribution in [2.45, 2.75) is 161 Å². The molecule has 0 saturated carbocycles. The molecule has 216 valence electrons. The van der Waals surface area contributed by atoms with Gasteiger partial charge in [0.1, 0.15) is 6.61 Å². The molecule has 0 saturated heterocycles. The molecule has 0 rings (SSSR count). The number of carbonyl (C=O) groups is 2. The fourth-order valence-corrected chi connectivity index (χ4v) is 4.78. The molecule has 4 heteroatoms. The van der Waals surface area contributed by atoms with Gasteiger partial charge in [0.05, 0.1) is 12.3 Å². The van der Waals surface area contributed by atoms with Crippen LogP contribution in [-0.2, 0) is 14.3 Å². The molecule has 0 aromatic carbocycles. The van der Waals surface area contributed by atoms with Gasteiger partial charge in [-0.2, -0.15) is 0 Å². The summed E-state index contributed by atoms with van der Waals surface area (Å²) in [5, 5.41) is 9.30. The number of carboxylic acids is 1. The summed E-state index contributed by atoms with van der Waals surface area (Å²) in [5.74, 6) is -1.99. The normalized spacial score (nSPS) is 12.1. The molecule has 0 amide bonds. The van der Waals surface area contributed by atoms with E-state index in [1.807, 2.05) is 0 Å². The van der Waals surface area contributed by atoms with Crippen molar-refractivity contribution in [1.82, 2.24) is 0 Å². The minimum Gasteiger partial charge on any atom is -0.481 e. The van der Waals surface area contributed by atoms with Crippen LogP contribution in [0.4, 0.5) is 0 Å². The predicted octanol–water partition coefficient (Wildman–Crippen LogP) is 10.4. The number of esters is 1. The first-order valence-electron chi connectivity index (χ1n) is 15.8. The van der Waals surface area contributed by atoms with E-state index in [0.29, 0.717) is 6.42 Å². The summed E-state index contributed by atoms with van der Waals surface area (Å²) >= 11 is 0. The van der Waals surface area contributed by atoms with Crippen LogP contribution in [0, 0.1) is 5.92 Å². The average Bonchev–Trinajstić information content (AvgIpc) is 2.89. The molecule has 4 nitrogen and oxygen atoms in total. The second kappa shape index (κ2) is 29.0. The monoisotopic (exact) mass is 520 g/mol. The second-order valence-electron chi connectivity index (χ2n) is 10.8. The molecule has 1 atom stereocenters. The zero-order chi connectivity index (χ0) is 27.2. The number of aliphatic carboxylic acids is 1. The molecule has 1 N–H and O–H groups in total. The van der Waals surface area contributed by atoms with Gasteiger partial charge in [-0.05, 0) is 32.1 Å². The standard InChI is InChI=1S/C33H60O4/c1-3-5-6-7-8-9-10-11-12-13-14-15-16-17-18-19-20-21-22-23-24-25-26-27-28-31(33(35)36)30-32(34)37-29-4-2/h4,17-18,31H,2-3,5-16,19-30H2,1H3,(H,35,36)/b18-17+. The topological polar surface area (TPSA) is 63.6 Å². The quantitative estimate of drug-likeness (QED) is 0.0605. The molecular weight excluding hydrogens is 460 g/mol. The highest BCUT2D eigenvalue weighted by atomic mass is 16.5. The second-order valence-corrected chi connectivity index (χ2v) is 10.8. The highest BCUT2D eigenvalue weighted by Crippen LogP contribution is 2.17. The minimum atomic E-state index is -0.904. The summed E-state index contributed by atoms with van der Waals surface area (Å²) in [6.07, 6.45) is 35.6. The lowest BCUT2D eigenvalue weighted by atomic mass is 9.97. The van der Waals surface area contributed by atoms with Crippen molar-refractivity contribution in [2.75, 3.05) is 6.61 Å². The first kappa shape index (κ1) is 35.4. The molecule has 37 heavy (non-hydrogen) atoms. The van der Waals surface area contributed by atoms with E-state index in [0.717, 1.165) is 19.3 Å². The molecule has 0 aliphatic rings. The van der Waals surface area contributed by atoms with Crippen LogP contribution >= 0.6 is 0 Å². The van der Waals surface area contributed by atoms with Crippen LogP contribution in [-0.4, -0.2) is 23.7 Å². The van der Waals surface area contributed by atoms with Gasteiger partial charge >= 0.3 is 11.9 Å². The molecule has 0 spiro atoms. The van der Waals surface area contributed by atoms with E-state index in [-0.39, 0.29) is 13.0 Å². The molecule has 0 bridgehead atoms.